The molecular formula is C17H27BrN2. The third-order valence-corrected chi connectivity index (χ3v) is 5.76. The Morgan fingerprint density at radius 3 is 2.20 bits per heavy atom. The quantitative estimate of drug-likeness (QED) is 0.775. The summed E-state index contributed by atoms with van der Waals surface area (Å²) >= 11 is 3.63. The fourth-order valence-electron chi connectivity index (χ4n) is 3.33. The first-order chi connectivity index (χ1) is 9.61. The zero-order valence-corrected chi connectivity index (χ0v) is 14.3. The SMILES string of the molecule is Cc1cc(NC(CN)C2CCCCCC2)cc(C)c1Br. The summed E-state index contributed by atoms with van der Waals surface area (Å²) in [6.07, 6.45) is 8.16. The van der Waals surface area contributed by atoms with Crippen molar-refractivity contribution in [3.05, 3.63) is 27.7 Å². The normalized spacial score (nSPS) is 18.6. The zero-order valence-electron chi connectivity index (χ0n) is 12.7. The van der Waals surface area contributed by atoms with Crippen LogP contribution in [0.25, 0.3) is 0 Å². The predicted octanol–water partition coefficient (Wildman–Crippen LogP) is 4.78. The van der Waals surface area contributed by atoms with Crippen LogP contribution in [0.15, 0.2) is 16.6 Å². The summed E-state index contributed by atoms with van der Waals surface area (Å²) in [6.45, 7) is 5.01. The van der Waals surface area contributed by atoms with Gasteiger partial charge in [-0.05, 0) is 55.9 Å². The largest absolute Gasteiger partial charge is 0.381 e. The van der Waals surface area contributed by atoms with E-state index in [-0.39, 0.29) is 0 Å². The third-order valence-electron chi connectivity index (χ3n) is 4.51. The molecule has 1 aliphatic carbocycles. The van der Waals surface area contributed by atoms with Gasteiger partial charge in [0.05, 0.1) is 0 Å². The minimum Gasteiger partial charge on any atom is -0.381 e. The summed E-state index contributed by atoms with van der Waals surface area (Å²) in [7, 11) is 0. The number of halogens is 1. The molecule has 1 aromatic carbocycles. The van der Waals surface area contributed by atoms with Crippen molar-refractivity contribution in [1.29, 1.82) is 0 Å². The van der Waals surface area contributed by atoms with Crippen molar-refractivity contribution in [1.82, 2.24) is 0 Å². The average Bonchev–Trinajstić information content (AvgIpc) is 2.71. The number of nitrogens with two attached hydrogens (primary N) is 1. The highest BCUT2D eigenvalue weighted by Crippen LogP contribution is 2.29. The minimum atomic E-state index is 0.410. The molecular weight excluding hydrogens is 312 g/mol. The van der Waals surface area contributed by atoms with E-state index in [2.05, 4.69) is 47.2 Å². The second-order valence-corrected chi connectivity index (χ2v) is 6.96. The van der Waals surface area contributed by atoms with Gasteiger partial charge in [-0.25, -0.2) is 0 Å². The molecule has 3 N–H and O–H groups in total. The smallest absolute Gasteiger partial charge is 0.0411 e. The number of nitrogens with one attached hydrogen (secondary N) is 1. The summed E-state index contributed by atoms with van der Waals surface area (Å²) in [6, 6.07) is 4.85. The molecule has 0 aliphatic heterocycles. The maximum Gasteiger partial charge on any atom is 0.0411 e. The lowest BCUT2D eigenvalue weighted by Gasteiger charge is -2.27. The Labute approximate surface area is 131 Å². The lowest BCUT2D eigenvalue weighted by Crippen LogP contribution is -2.36. The van der Waals surface area contributed by atoms with Crippen LogP contribution in [-0.4, -0.2) is 12.6 Å². The predicted molar refractivity (Wildman–Crippen MR) is 91.3 cm³/mol. The van der Waals surface area contributed by atoms with Crippen LogP contribution < -0.4 is 11.1 Å². The van der Waals surface area contributed by atoms with Crippen molar-refractivity contribution < 1.29 is 0 Å². The van der Waals surface area contributed by atoms with Gasteiger partial charge in [0.15, 0.2) is 0 Å². The van der Waals surface area contributed by atoms with Crippen LogP contribution in [0.3, 0.4) is 0 Å². The maximum absolute atomic E-state index is 6.04. The number of hydrogen-bond donors (Lipinski definition) is 2. The highest BCUT2D eigenvalue weighted by molar-refractivity contribution is 9.10. The lowest BCUT2D eigenvalue weighted by atomic mass is 9.91. The molecule has 112 valence electrons. The summed E-state index contributed by atoms with van der Waals surface area (Å²) in [5.74, 6) is 0.728. The molecule has 0 spiro atoms. The Bertz CT molecular complexity index is 414. The minimum absolute atomic E-state index is 0.410. The van der Waals surface area contributed by atoms with Crippen LogP contribution in [0.5, 0.6) is 0 Å². The van der Waals surface area contributed by atoms with Crippen molar-refractivity contribution in [2.75, 3.05) is 11.9 Å². The second-order valence-electron chi connectivity index (χ2n) is 6.16. The van der Waals surface area contributed by atoms with Crippen LogP contribution >= 0.6 is 15.9 Å². The maximum atomic E-state index is 6.04. The Balaban J connectivity index is 2.09. The van der Waals surface area contributed by atoms with E-state index < -0.39 is 0 Å². The van der Waals surface area contributed by atoms with Gasteiger partial charge in [-0.2, -0.15) is 0 Å². The van der Waals surface area contributed by atoms with Crippen molar-refractivity contribution in [3.8, 4) is 0 Å². The Kier molecular flexibility index (Phi) is 5.91. The Hall–Kier alpha value is -0.540. The van der Waals surface area contributed by atoms with Gasteiger partial charge in [0.1, 0.15) is 0 Å². The third kappa shape index (κ3) is 3.98. The Morgan fingerprint density at radius 1 is 1.15 bits per heavy atom. The number of rotatable bonds is 4. The molecule has 2 rings (SSSR count). The number of aryl methyl sites for hydroxylation is 2. The van der Waals surface area contributed by atoms with Gasteiger partial charge in [0.25, 0.3) is 0 Å². The van der Waals surface area contributed by atoms with Gasteiger partial charge in [-0.15, -0.1) is 0 Å². The molecule has 20 heavy (non-hydrogen) atoms. The molecule has 0 bridgehead atoms. The molecule has 1 fully saturated rings. The van der Waals surface area contributed by atoms with Gasteiger partial charge in [-0.1, -0.05) is 41.6 Å². The van der Waals surface area contributed by atoms with Crippen LogP contribution in [0.1, 0.15) is 49.7 Å². The molecule has 1 saturated carbocycles. The molecule has 3 heteroatoms. The summed E-state index contributed by atoms with van der Waals surface area (Å²) in [4.78, 5) is 0. The first-order valence-electron chi connectivity index (χ1n) is 7.85. The molecule has 1 aromatic rings. The molecule has 2 nitrogen and oxygen atoms in total. The molecule has 1 atom stereocenters. The van der Waals surface area contributed by atoms with E-state index in [1.165, 1.54) is 59.8 Å². The van der Waals surface area contributed by atoms with Crippen molar-refractivity contribution in [2.24, 2.45) is 11.7 Å². The van der Waals surface area contributed by atoms with E-state index >= 15 is 0 Å². The first-order valence-corrected chi connectivity index (χ1v) is 8.64. The van der Waals surface area contributed by atoms with Crippen LogP contribution in [0.2, 0.25) is 0 Å². The van der Waals surface area contributed by atoms with E-state index in [0.29, 0.717) is 6.04 Å². The summed E-state index contributed by atoms with van der Waals surface area (Å²) in [5.41, 5.74) is 9.81. The lowest BCUT2D eigenvalue weighted by molar-refractivity contribution is 0.398. The van der Waals surface area contributed by atoms with Gasteiger partial charge in [0.2, 0.25) is 0 Å². The van der Waals surface area contributed by atoms with Crippen LogP contribution in [0, 0.1) is 19.8 Å². The van der Waals surface area contributed by atoms with E-state index in [0.717, 1.165) is 12.5 Å². The molecule has 0 heterocycles. The highest BCUT2D eigenvalue weighted by Gasteiger charge is 2.21. The van der Waals surface area contributed by atoms with Crippen LogP contribution in [0.4, 0.5) is 5.69 Å². The molecule has 0 amide bonds. The monoisotopic (exact) mass is 338 g/mol. The fraction of sp³-hybridized carbons (Fsp3) is 0.647. The first kappa shape index (κ1) is 15.8. The molecule has 0 aromatic heterocycles. The van der Waals surface area contributed by atoms with Crippen molar-refractivity contribution in [2.45, 2.75) is 58.4 Å². The molecule has 0 saturated heterocycles. The van der Waals surface area contributed by atoms with E-state index in [1.54, 1.807) is 0 Å². The van der Waals surface area contributed by atoms with Crippen LogP contribution in [-0.2, 0) is 0 Å². The number of anilines is 1. The number of hydrogen-bond acceptors (Lipinski definition) is 2. The molecule has 0 radical (unpaired) electrons. The zero-order chi connectivity index (χ0) is 14.5. The van der Waals surface area contributed by atoms with Crippen molar-refractivity contribution >= 4 is 21.6 Å². The topological polar surface area (TPSA) is 38.0 Å². The standard InChI is InChI=1S/C17H27BrN2/c1-12-9-15(10-13(2)17(12)18)20-16(11-19)14-7-5-3-4-6-8-14/h9-10,14,16,20H,3-8,11,19H2,1-2H3. The van der Waals surface area contributed by atoms with E-state index in [1.807, 2.05) is 0 Å². The summed E-state index contributed by atoms with van der Waals surface area (Å²) in [5, 5.41) is 3.69. The highest BCUT2D eigenvalue weighted by atomic mass is 79.9. The van der Waals surface area contributed by atoms with Gasteiger partial charge < -0.3 is 11.1 Å². The van der Waals surface area contributed by atoms with Gasteiger partial charge >= 0.3 is 0 Å². The van der Waals surface area contributed by atoms with Gasteiger partial charge in [-0.3, -0.25) is 0 Å². The number of benzene rings is 1. The molecule has 1 aliphatic rings. The van der Waals surface area contributed by atoms with Crippen molar-refractivity contribution in [3.63, 3.8) is 0 Å². The Morgan fingerprint density at radius 2 is 1.70 bits per heavy atom. The van der Waals surface area contributed by atoms with E-state index in [4.69, 9.17) is 5.73 Å². The average molecular weight is 339 g/mol. The summed E-state index contributed by atoms with van der Waals surface area (Å²) < 4.78 is 1.21. The fourth-order valence-corrected chi connectivity index (χ4v) is 3.55. The second kappa shape index (κ2) is 7.46. The molecule has 1 unspecified atom stereocenters. The van der Waals surface area contributed by atoms with Gasteiger partial charge in [0, 0.05) is 22.7 Å². The van der Waals surface area contributed by atoms with E-state index in [9.17, 15) is 0 Å².